The number of anilines is 1. The van der Waals surface area contributed by atoms with Crippen LogP contribution in [0, 0.1) is 0 Å². The maximum Gasteiger partial charge on any atom is 0.209 e. The van der Waals surface area contributed by atoms with Gasteiger partial charge in [0.15, 0.2) is 0 Å². The molecule has 8 heteroatoms. The van der Waals surface area contributed by atoms with Crippen molar-refractivity contribution in [3.63, 3.8) is 0 Å². The topological polar surface area (TPSA) is 94.5 Å². The highest BCUT2D eigenvalue weighted by Crippen LogP contribution is 2.18. The van der Waals surface area contributed by atoms with E-state index in [-0.39, 0.29) is 0 Å². The van der Waals surface area contributed by atoms with Gasteiger partial charge in [-0.25, -0.2) is 15.5 Å². The highest BCUT2D eigenvalue weighted by molar-refractivity contribution is 7.98. The lowest BCUT2D eigenvalue weighted by Crippen LogP contribution is -2.08. The van der Waals surface area contributed by atoms with Gasteiger partial charge in [0.2, 0.25) is 5.16 Å². The van der Waals surface area contributed by atoms with Crippen molar-refractivity contribution < 1.29 is 0 Å². The third kappa shape index (κ3) is 2.47. The van der Waals surface area contributed by atoms with Crippen molar-refractivity contribution in [2.45, 2.75) is 10.9 Å². The Balaban J connectivity index is 2.02. The van der Waals surface area contributed by atoms with Crippen LogP contribution in [0.1, 0.15) is 5.69 Å². The first kappa shape index (κ1) is 10.8. The van der Waals surface area contributed by atoms with Gasteiger partial charge in [0.1, 0.15) is 5.82 Å². The standard InChI is InChI=1S/C8H11N7S/c1-15-8(12-13-14-15)16-5-6-3-2-4-7(10-6)11-9/h2-4H,5,9H2,1H3,(H,10,11). The molecule has 2 heterocycles. The van der Waals surface area contributed by atoms with Crippen LogP contribution in [0.4, 0.5) is 5.82 Å². The minimum absolute atomic E-state index is 0.647. The van der Waals surface area contributed by atoms with E-state index in [9.17, 15) is 0 Å². The zero-order valence-corrected chi connectivity index (χ0v) is 9.48. The summed E-state index contributed by atoms with van der Waals surface area (Å²) in [7, 11) is 1.80. The first-order valence-electron chi connectivity index (χ1n) is 4.57. The van der Waals surface area contributed by atoms with Crippen LogP contribution in [0.15, 0.2) is 23.4 Å². The smallest absolute Gasteiger partial charge is 0.209 e. The molecule has 16 heavy (non-hydrogen) atoms. The van der Waals surface area contributed by atoms with E-state index in [1.54, 1.807) is 17.8 Å². The molecule has 0 aliphatic carbocycles. The molecule has 0 aliphatic rings. The molecule has 0 bridgehead atoms. The minimum Gasteiger partial charge on any atom is -0.308 e. The number of hydrazine groups is 1. The summed E-state index contributed by atoms with van der Waals surface area (Å²) < 4.78 is 1.62. The predicted octanol–water partition coefficient (Wildman–Crippen LogP) is 0.183. The van der Waals surface area contributed by atoms with Crippen LogP contribution >= 0.6 is 11.8 Å². The van der Waals surface area contributed by atoms with Crippen molar-refractivity contribution in [2.24, 2.45) is 12.9 Å². The third-order valence-corrected chi connectivity index (χ3v) is 2.93. The average Bonchev–Trinajstić information content (AvgIpc) is 2.72. The van der Waals surface area contributed by atoms with E-state index < -0.39 is 0 Å². The summed E-state index contributed by atoms with van der Waals surface area (Å²) in [4.78, 5) is 4.29. The van der Waals surface area contributed by atoms with Gasteiger partial charge in [-0.15, -0.1) is 5.10 Å². The molecule has 3 N–H and O–H groups in total. The molecule has 0 unspecified atom stereocenters. The molecule has 2 aromatic rings. The number of nitrogen functional groups attached to an aromatic ring is 1. The lowest BCUT2D eigenvalue weighted by molar-refractivity contribution is 0.664. The second-order valence-corrected chi connectivity index (χ2v) is 3.97. The second-order valence-electron chi connectivity index (χ2n) is 3.03. The number of hydrogen-bond donors (Lipinski definition) is 2. The Morgan fingerprint density at radius 3 is 3.06 bits per heavy atom. The molecule has 84 valence electrons. The third-order valence-electron chi connectivity index (χ3n) is 1.89. The number of hydrogen-bond acceptors (Lipinski definition) is 7. The number of thioether (sulfide) groups is 1. The van der Waals surface area contributed by atoms with E-state index >= 15 is 0 Å². The van der Waals surface area contributed by atoms with Crippen LogP contribution in [0.3, 0.4) is 0 Å². The maximum atomic E-state index is 5.28. The van der Waals surface area contributed by atoms with Crippen LogP contribution in [-0.4, -0.2) is 25.2 Å². The molecular weight excluding hydrogens is 226 g/mol. The van der Waals surface area contributed by atoms with E-state index in [4.69, 9.17) is 5.84 Å². The van der Waals surface area contributed by atoms with Gasteiger partial charge in [0, 0.05) is 12.8 Å². The van der Waals surface area contributed by atoms with Gasteiger partial charge < -0.3 is 5.43 Å². The molecule has 0 fully saturated rings. The summed E-state index contributed by atoms with van der Waals surface area (Å²) in [6, 6.07) is 5.63. The molecule has 0 radical (unpaired) electrons. The molecule has 0 amide bonds. The van der Waals surface area contributed by atoms with Crippen molar-refractivity contribution in [3.05, 3.63) is 23.9 Å². The predicted molar refractivity (Wildman–Crippen MR) is 60.4 cm³/mol. The number of rotatable bonds is 4. The minimum atomic E-state index is 0.647. The largest absolute Gasteiger partial charge is 0.308 e. The molecule has 0 atom stereocenters. The zero-order valence-electron chi connectivity index (χ0n) is 8.66. The Labute approximate surface area is 96.4 Å². The Kier molecular flexibility index (Phi) is 3.32. The fourth-order valence-electron chi connectivity index (χ4n) is 1.12. The van der Waals surface area contributed by atoms with Gasteiger partial charge in [0.25, 0.3) is 0 Å². The van der Waals surface area contributed by atoms with Crippen LogP contribution in [0.2, 0.25) is 0 Å². The van der Waals surface area contributed by atoms with Crippen molar-refractivity contribution in [1.82, 2.24) is 25.2 Å². The Hall–Kier alpha value is -1.67. The molecule has 0 spiro atoms. The van der Waals surface area contributed by atoms with Gasteiger partial charge in [-0.1, -0.05) is 17.8 Å². The van der Waals surface area contributed by atoms with E-state index in [0.717, 1.165) is 10.9 Å². The number of tetrazole rings is 1. The summed E-state index contributed by atoms with van der Waals surface area (Å²) in [5, 5.41) is 11.9. The molecule has 0 aromatic carbocycles. The normalized spacial score (nSPS) is 10.4. The van der Waals surface area contributed by atoms with Crippen molar-refractivity contribution in [2.75, 3.05) is 5.43 Å². The highest BCUT2D eigenvalue weighted by atomic mass is 32.2. The molecule has 2 rings (SSSR count). The number of nitrogens with zero attached hydrogens (tertiary/aromatic N) is 5. The van der Waals surface area contributed by atoms with E-state index in [1.165, 1.54) is 11.8 Å². The molecule has 0 aliphatic heterocycles. The van der Waals surface area contributed by atoms with Crippen molar-refractivity contribution in [3.8, 4) is 0 Å². The first-order valence-corrected chi connectivity index (χ1v) is 5.56. The fourth-order valence-corrected chi connectivity index (χ4v) is 1.88. The highest BCUT2D eigenvalue weighted by Gasteiger charge is 2.04. The zero-order chi connectivity index (χ0) is 11.4. The molecule has 7 nitrogen and oxygen atoms in total. The average molecular weight is 237 g/mol. The number of nitrogens with one attached hydrogen (secondary N) is 1. The van der Waals surface area contributed by atoms with Crippen LogP contribution in [-0.2, 0) is 12.8 Å². The summed E-state index contributed by atoms with van der Waals surface area (Å²) in [5.41, 5.74) is 3.43. The van der Waals surface area contributed by atoms with Crippen LogP contribution in [0.25, 0.3) is 0 Å². The number of aryl methyl sites for hydroxylation is 1. The second kappa shape index (κ2) is 4.90. The van der Waals surface area contributed by atoms with E-state index in [1.807, 2.05) is 12.1 Å². The summed E-state index contributed by atoms with van der Waals surface area (Å²) in [6.45, 7) is 0. The van der Waals surface area contributed by atoms with Gasteiger partial charge in [-0.2, -0.15) is 0 Å². The lowest BCUT2D eigenvalue weighted by Gasteiger charge is -2.02. The lowest BCUT2D eigenvalue weighted by atomic mass is 10.4. The van der Waals surface area contributed by atoms with E-state index in [0.29, 0.717) is 11.6 Å². The fraction of sp³-hybridized carbons (Fsp3) is 0.250. The Morgan fingerprint density at radius 2 is 2.38 bits per heavy atom. The monoisotopic (exact) mass is 237 g/mol. The van der Waals surface area contributed by atoms with Gasteiger partial charge in [-0.05, 0) is 22.6 Å². The maximum absolute atomic E-state index is 5.28. The van der Waals surface area contributed by atoms with E-state index in [2.05, 4.69) is 25.9 Å². The summed E-state index contributed by atoms with van der Waals surface area (Å²) >= 11 is 1.52. The number of nitrogens with two attached hydrogens (primary N) is 1. The molecular formula is C8H11N7S. The van der Waals surface area contributed by atoms with Crippen molar-refractivity contribution in [1.29, 1.82) is 0 Å². The van der Waals surface area contributed by atoms with Gasteiger partial charge in [0.05, 0.1) is 5.69 Å². The Morgan fingerprint density at radius 1 is 1.50 bits per heavy atom. The molecule has 0 saturated heterocycles. The summed E-state index contributed by atoms with van der Waals surface area (Å²) in [5.74, 6) is 6.62. The van der Waals surface area contributed by atoms with Crippen LogP contribution < -0.4 is 11.3 Å². The van der Waals surface area contributed by atoms with Crippen molar-refractivity contribution >= 4 is 17.6 Å². The molecule has 2 aromatic heterocycles. The van der Waals surface area contributed by atoms with Gasteiger partial charge >= 0.3 is 0 Å². The first-order chi connectivity index (χ1) is 7.79. The SMILES string of the molecule is Cn1nnnc1SCc1cccc(NN)n1. The molecule has 0 saturated carbocycles. The summed E-state index contributed by atoms with van der Waals surface area (Å²) in [6.07, 6.45) is 0. The number of pyridine rings is 1. The quantitative estimate of drug-likeness (QED) is 0.445. The Bertz CT molecular complexity index is 469. The number of aromatic nitrogens is 5. The van der Waals surface area contributed by atoms with Gasteiger partial charge in [-0.3, -0.25) is 0 Å². The van der Waals surface area contributed by atoms with Crippen LogP contribution in [0.5, 0.6) is 0 Å².